The molecule has 0 aliphatic carbocycles. The van der Waals surface area contributed by atoms with Crippen LogP contribution in [-0.2, 0) is 22.2 Å². The fraction of sp³-hybridized carbons (Fsp3) is 0.406. The summed E-state index contributed by atoms with van der Waals surface area (Å²) in [4.78, 5) is 27.8. The quantitative estimate of drug-likeness (QED) is 0.315. The highest BCUT2D eigenvalue weighted by Gasteiger charge is 2.41. The third-order valence-corrected chi connectivity index (χ3v) is 8.01. The lowest BCUT2D eigenvalue weighted by Gasteiger charge is -2.44. The van der Waals surface area contributed by atoms with Crippen LogP contribution in [0.25, 0.3) is 0 Å². The average molecular weight is 620 g/mol. The molecule has 0 spiro atoms. The number of hydrogen-bond acceptors (Lipinski definition) is 9. The van der Waals surface area contributed by atoms with Crippen molar-refractivity contribution in [2.45, 2.75) is 51.5 Å². The summed E-state index contributed by atoms with van der Waals surface area (Å²) in [5.41, 5.74) is 1.63. The Kier molecular flexibility index (Phi) is 9.40. The van der Waals surface area contributed by atoms with Gasteiger partial charge in [0, 0.05) is 25.7 Å². The van der Waals surface area contributed by atoms with Gasteiger partial charge in [-0.25, -0.2) is 14.8 Å². The molecule has 13 heteroatoms. The van der Waals surface area contributed by atoms with Gasteiger partial charge in [0.15, 0.2) is 0 Å². The van der Waals surface area contributed by atoms with Crippen LogP contribution in [-0.4, -0.2) is 55.0 Å². The van der Waals surface area contributed by atoms with Crippen LogP contribution in [0.4, 0.5) is 35.3 Å². The Balaban J connectivity index is 1.66. The lowest BCUT2D eigenvalue weighted by molar-refractivity contribution is -0.137. The van der Waals surface area contributed by atoms with Crippen LogP contribution in [0, 0.1) is 22.7 Å². The fourth-order valence-electron chi connectivity index (χ4n) is 5.87. The van der Waals surface area contributed by atoms with E-state index in [0.29, 0.717) is 44.0 Å². The minimum absolute atomic E-state index is 0.0806. The van der Waals surface area contributed by atoms with Gasteiger partial charge in [0.25, 0.3) is 0 Å². The summed E-state index contributed by atoms with van der Waals surface area (Å²) in [5.74, 6) is 0.251. The van der Waals surface area contributed by atoms with Crippen molar-refractivity contribution in [1.29, 1.82) is 10.5 Å². The maximum atomic E-state index is 14.0. The number of nitriles is 2. The molecular formula is C32H32F3N7O3. The Morgan fingerprint density at radius 2 is 1.73 bits per heavy atom. The second-order valence-electron chi connectivity index (χ2n) is 10.8. The number of anilines is 3. The predicted molar refractivity (Wildman–Crippen MR) is 160 cm³/mol. The fourth-order valence-corrected chi connectivity index (χ4v) is 5.87. The van der Waals surface area contributed by atoms with E-state index in [9.17, 15) is 28.5 Å². The summed E-state index contributed by atoms with van der Waals surface area (Å²) in [6.45, 7) is 6.24. The van der Waals surface area contributed by atoms with E-state index in [2.05, 4.69) is 27.0 Å². The van der Waals surface area contributed by atoms with Crippen LogP contribution in [0.5, 0.6) is 0 Å². The van der Waals surface area contributed by atoms with Gasteiger partial charge in [-0.2, -0.15) is 23.7 Å². The molecule has 2 aromatic carbocycles. The van der Waals surface area contributed by atoms with Crippen LogP contribution < -0.4 is 14.7 Å². The van der Waals surface area contributed by atoms with Crippen molar-refractivity contribution in [1.82, 2.24) is 9.97 Å². The first-order valence-corrected chi connectivity index (χ1v) is 14.7. The smallest absolute Gasteiger partial charge is 0.416 e. The van der Waals surface area contributed by atoms with Crippen molar-refractivity contribution in [3.8, 4) is 12.1 Å². The molecule has 234 valence electrons. The van der Waals surface area contributed by atoms with E-state index in [1.165, 1.54) is 17.0 Å². The number of rotatable bonds is 7. The van der Waals surface area contributed by atoms with E-state index in [-0.39, 0.29) is 42.2 Å². The number of morpholine rings is 1. The molecule has 0 saturated carbocycles. The van der Waals surface area contributed by atoms with Crippen LogP contribution in [0.15, 0.2) is 48.8 Å². The third-order valence-electron chi connectivity index (χ3n) is 8.01. The van der Waals surface area contributed by atoms with Crippen molar-refractivity contribution in [2.24, 2.45) is 0 Å². The van der Waals surface area contributed by atoms with Gasteiger partial charge in [0.1, 0.15) is 0 Å². The molecule has 1 fully saturated rings. The molecule has 45 heavy (non-hydrogen) atoms. The third kappa shape index (κ3) is 6.79. The number of carbonyl (C=O) groups excluding carboxylic acids is 1. The number of ether oxygens (including phenoxy) is 2. The van der Waals surface area contributed by atoms with Crippen molar-refractivity contribution in [3.63, 3.8) is 0 Å². The Morgan fingerprint density at radius 3 is 2.31 bits per heavy atom. The van der Waals surface area contributed by atoms with Gasteiger partial charge in [-0.3, -0.25) is 4.90 Å². The number of fused-ring (bicyclic) bond motifs is 1. The summed E-state index contributed by atoms with van der Waals surface area (Å²) < 4.78 is 52.9. The van der Waals surface area contributed by atoms with Gasteiger partial charge >= 0.3 is 12.3 Å². The first-order valence-electron chi connectivity index (χ1n) is 14.7. The van der Waals surface area contributed by atoms with Crippen LogP contribution in [0.1, 0.15) is 60.5 Å². The molecule has 2 aliphatic heterocycles. The maximum Gasteiger partial charge on any atom is 0.416 e. The molecule has 1 saturated heterocycles. The number of nitrogens with zero attached hydrogens (tertiary/aromatic N) is 7. The zero-order valence-corrected chi connectivity index (χ0v) is 24.9. The van der Waals surface area contributed by atoms with E-state index < -0.39 is 29.9 Å². The summed E-state index contributed by atoms with van der Waals surface area (Å²) in [5, 5.41) is 19.2. The number of aromatic nitrogens is 2. The monoisotopic (exact) mass is 619 g/mol. The summed E-state index contributed by atoms with van der Waals surface area (Å²) in [7, 11) is 0. The maximum absolute atomic E-state index is 14.0. The van der Waals surface area contributed by atoms with E-state index in [1.54, 1.807) is 36.4 Å². The first kappa shape index (κ1) is 31.5. The van der Waals surface area contributed by atoms with E-state index in [4.69, 9.17) is 9.47 Å². The molecule has 5 rings (SSSR count). The SMILES string of the molecule is CCOC(=O)N1c2ccc(C(F)(F)F)cc2[C@@H](N(Cc2cc(C#N)cc(C#N)c2)c2ncc(N3CCOCC3)cn2)C[C@H]1CC. The predicted octanol–water partition coefficient (Wildman–Crippen LogP) is 5.97. The standard InChI is InChI=1S/C32H32F3N7O3/c1-3-25-15-29(27-14-24(32(33,34)35)5-6-28(27)42(25)31(43)45-4-2)41(20-23-12-21(16-36)11-22(13-23)17-37)30-38-18-26(19-39-30)40-7-9-44-10-8-40/h5-6,11-14,18-19,25,29H,3-4,7-10,15,20H2,1-2H3/t25-,29+/m1/s1. The lowest BCUT2D eigenvalue weighted by Crippen LogP contribution is -2.48. The van der Waals surface area contributed by atoms with E-state index in [1.807, 2.05) is 6.92 Å². The molecule has 3 heterocycles. The normalized spacial score (nSPS) is 18.0. The van der Waals surface area contributed by atoms with Gasteiger partial charge in [-0.05, 0) is 67.3 Å². The number of amides is 1. The number of benzene rings is 2. The van der Waals surface area contributed by atoms with E-state index >= 15 is 0 Å². The highest BCUT2D eigenvalue weighted by molar-refractivity contribution is 5.90. The summed E-state index contributed by atoms with van der Waals surface area (Å²) in [6, 6.07) is 11.1. The molecule has 10 nitrogen and oxygen atoms in total. The van der Waals surface area contributed by atoms with Crippen LogP contribution >= 0.6 is 0 Å². The number of alkyl halides is 3. The zero-order chi connectivity index (χ0) is 32.1. The minimum atomic E-state index is -4.63. The zero-order valence-electron chi connectivity index (χ0n) is 24.9. The van der Waals surface area contributed by atoms with Gasteiger partial charge in [0.05, 0.1) is 78.5 Å². The largest absolute Gasteiger partial charge is 0.449 e. The van der Waals surface area contributed by atoms with Crippen molar-refractivity contribution >= 4 is 23.4 Å². The number of hydrogen-bond donors (Lipinski definition) is 0. The lowest BCUT2D eigenvalue weighted by atomic mass is 9.87. The summed E-state index contributed by atoms with van der Waals surface area (Å²) >= 11 is 0. The molecule has 0 N–H and O–H groups in total. The van der Waals surface area contributed by atoms with E-state index in [0.717, 1.165) is 17.8 Å². The molecule has 1 amide bonds. The molecule has 0 unspecified atom stereocenters. The topological polar surface area (TPSA) is 119 Å². The Labute approximate surface area is 259 Å². The van der Waals surface area contributed by atoms with Crippen LogP contribution in [0.2, 0.25) is 0 Å². The molecular weight excluding hydrogens is 587 g/mol. The summed E-state index contributed by atoms with van der Waals surface area (Å²) in [6.07, 6.45) is -1.16. The average Bonchev–Trinajstić information content (AvgIpc) is 3.06. The van der Waals surface area contributed by atoms with Crippen LogP contribution in [0.3, 0.4) is 0 Å². The molecule has 0 bridgehead atoms. The molecule has 1 aromatic heterocycles. The van der Waals surface area contributed by atoms with Gasteiger partial charge in [0.2, 0.25) is 5.95 Å². The highest BCUT2D eigenvalue weighted by atomic mass is 19.4. The Bertz CT molecular complexity index is 1580. The Morgan fingerprint density at radius 1 is 1.07 bits per heavy atom. The molecule has 2 aliphatic rings. The second-order valence-corrected chi connectivity index (χ2v) is 10.8. The van der Waals surface area contributed by atoms with Crippen molar-refractivity contribution in [2.75, 3.05) is 47.6 Å². The van der Waals surface area contributed by atoms with Crippen molar-refractivity contribution < 1.29 is 27.4 Å². The Hall–Kier alpha value is -4.88. The van der Waals surface area contributed by atoms with Crippen molar-refractivity contribution in [3.05, 3.63) is 76.6 Å². The number of carbonyl (C=O) groups is 1. The van der Waals surface area contributed by atoms with Gasteiger partial charge < -0.3 is 19.3 Å². The minimum Gasteiger partial charge on any atom is -0.449 e. The van der Waals surface area contributed by atoms with Gasteiger partial charge in [-0.1, -0.05) is 6.92 Å². The second kappa shape index (κ2) is 13.4. The highest BCUT2D eigenvalue weighted by Crippen LogP contribution is 2.45. The molecule has 2 atom stereocenters. The van der Waals surface area contributed by atoms with Gasteiger partial charge in [-0.15, -0.1) is 0 Å². The first-order chi connectivity index (χ1) is 21.7. The number of halogens is 3. The molecule has 3 aromatic rings. The molecule has 0 radical (unpaired) electrons.